The van der Waals surface area contributed by atoms with E-state index < -0.39 is 5.54 Å². The van der Waals surface area contributed by atoms with Gasteiger partial charge in [-0.2, -0.15) is 0 Å². The Balaban J connectivity index is 4.31. The fourth-order valence-electron chi connectivity index (χ4n) is 2.29. The van der Waals surface area contributed by atoms with E-state index in [0.29, 0.717) is 17.8 Å². The minimum absolute atomic E-state index is 0.0225. The van der Waals surface area contributed by atoms with Crippen molar-refractivity contribution in [2.75, 3.05) is 6.54 Å². The Hall–Kier alpha value is -0.570. The Morgan fingerprint density at radius 3 is 2.06 bits per heavy atom. The Labute approximate surface area is 107 Å². The van der Waals surface area contributed by atoms with E-state index in [-0.39, 0.29) is 5.91 Å². The normalized spacial score (nSPS) is 15.4. The predicted octanol–water partition coefficient (Wildman–Crippen LogP) is 2.55. The second-order valence-electron chi connectivity index (χ2n) is 6.03. The Kier molecular flexibility index (Phi) is 6.76. The largest absolute Gasteiger partial charge is 0.354 e. The second-order valence-corrected chi connectivity index (χ2v) is 6.03. The van der Waals surface area contributed by atoms with E-state index in [2.05, 4.69) is 33.0 Å². The molecule has 0 saturated heterocycles. The third-order valence-electron chi connectivity index (χ3n) is 3.50. The van der Waals surface area contributed by atoms with Crippen molar-refractivity contribution in [3.05, 3.63) is 0 Å². The number of hydrogen-bond donors (Lipinski definition) is 2. The zero-order valence-electron chi connectivity index (χ0n) is 12.3. The first-order valence-corrected chi connectivity index (χ1v) is 6.79. The highest BCUT2D eigenvalue weighted by molar-refractivity contribution is 5.85. The molecule has 0 heterocycles. The molecule has 1 atom stereocenters. The van der Waals surface area contributed by atoms with Gasteiger partial charge < -0.3 is 11.1 Å². The standard InChI is InChI=1S/C14H30N2O/c1-7-8-14(6,15)13(17)16-9-12(10(2)3)11(4)5/h10-12H,7-9,15H2,1-6H3,(H,16,17). The molecule has 0 radical (unpaired) electrons. The minimum atomic E-state index is -0.729. The molecule has 3 nitrogen and oxygen atoms in total. The molecule has 0 aromatic carbocycles. The Morgan fingerprint density at radius 1 is 1.24 bits per heavy atom. The molecule has 0 spiro atoms. The van der Waals surface area contributed by atoms with Gasteiger partial charge in [0.25, 0.3) is 0 Å². The quantitative estimate of drug-likeness (QED) is 0.721. The predicted molar refractivity (Wildman–Crippen MR) is 73.7 cm³/mol. The number of hydrogen-bond acceptors (Lipinski definition) is 2. The molecule has 0 aromatic heterocycles. The molecule has 0 saturated carbocycles. The van der Waals surface area contributed by atoms with E-state index >= 15 is 0 Å². The van der Waals surface area contributed by atoms with Gasteiger partial charge in [-0.3, -0.25) is 4.79 Å². The molecule has 0 rings (SSSR count). The van der Waals surface area contributed by atoms with Gasteiger partial charge in [0.1, 0.15) is 0 Å². The van der Waals surface area contributed by atoms with Crippen LogP contribution in [0.25, 0.3) is 0 Å². The average Bonchev–Trinajstić information content (AvgIpc) is 2.16. The van der Waals surface area contributed by atoms with Crippen molar-refractivity contribution in [1.82, 2.24) is 5.32 Å². The van der Waals surface area contributed by atoms with Crippen LogP contribution >= 0.6 is 0 Å². The van der Waals surface area contributed by atoms with E-state index in [1.807, 2.05) is 13.8 Å². The zero-order chi connectivity index (χ0) is 13.6. The van der Waals surface area contributed by atoms with Gasteiger partial charge in [0, 0.05) is 6.54 Å². The van der Waals surface area contributed by atoms with Gasteiger partial charge in [-0.25, -0.2) is 0 Å². The first kappa shape index (κ1) is 16.4. The summed E-state index contributed by atoms with van der Waals surface area (Å²) >= 11 is 0. The van der Waals surface area contributed by atoms with Crippen LogP contribution in [-0.2, 0) is 4.79 Å². The van der Waals surface area contributed by atoms with Gasteiger partial charge in [-0.15, -0.1) is 0 Å². The molecule has 3 heteroatoms. The van der Waals surface area contributed by atoms with Crippen molar-refractivity contribution in [1.29, 1.82) is 0 Å². The van der Waals surface area contributed by atoms with Crippen molar-refractivity contribution < 1.29 is 4.79 Å². The first-order chi connectivity index (χ1) is 7.72. The van der Waals surface area contributed by atoms with E-state index in [1.54, 1.807) is 0 Å². The van der Waals surface area contributed by atoms with Crippen LogP contribution in [0.2, 0.25) is 0 Å². The van der Waals surface area contributed by atoms with Crippen LogP contribution in [0.5, 0.6) is 0 Å². The summed E-state index contributed by atoms with van der Waals surface area (Å²) in [7, 11) is 0. The van der Waals surface area contributed by atoms with Gasteiger partial charge in [0.2, 0.25) is 5.91 Å². The smallest absolute Gasteiger partial charge is 0.239 e. The summed E-state index contributed by atoms with van der Waals surface area (Å²) in [6.45, 7) is 13.4. The van der Waals surface area contributed by atoms with Gasteiger partial charge in [0.15, 0.2) is 0 Å². The maximum atomic E-state index is 12.0. The Morgan fingerprint density at radius 2 is 1.71 bits per heavy atom. The van der Waals surface area contributed by atoms with E-state index in [4.69, 9.17) is 5.73 Å². The first-order valence-electron chi connectivity index (χ1n) is 6.79. The van der Waals surface area contributed by atoms with Crippen LogP contribution in [0.3, 0.4) is 0 Å². The van der Waals surface area contributed by atoms with Crippen molar-refractivity contribution in [3.63, 3.8) is 0 Å². The molecule has 0 aliphatic rings. The van der Waals surface area contributed by atoms with E-state index in [9.17, 15) is 4.79 Å². The summed E-state index contributed by atoms with van der Waals surface area (Å²) in [5.41, 5.74) is 5.27. The lowest BCUT2D eigenvalue weighted by atomic mass is 9.85. The molecule has 17 heavy (non-hydrogen) atoms. The highest BCUT2D eigenvalue weighted by atomic mass is 16.2. The highest BCUT2D eigenvalue weighted by Gasteiger charge is 2.28. The maximum Gasteiger partial charge on any atom is 0.239 e. The van der Waals surface area contributed by atoms with Gasteiger partial charge >= 0.3 is 0 Å². The highest BCUT2D eigenvalue weighted by Crippen LogP contribution is 2.19. The van der Waals surface area contributed by atoms with Crippen molar-refractivity contribution in [2.45, 2.75) is 59.9 Å². The molecule has 0 fully saturated rings. The van der Waals surface area contributed by atoms with Crippen molar-refractivity contribution in [3.8, 4) is 0 Å². The molecule has 102 valence electrons. The lowest BCUT2D eigenvalue weighted by Crippen LogP contribution is -2.52. The molecule has 1 unspecified atom stereocenters. The zero-order valence-corrected chi connectivity index (χ0v) is 12.3. The summed E-state index contributed by atoms with van der Waals surface area (Å²) in [4.78, 5) is 12.0. The third-order valence-corrected chi connectivity index (χ3v) is 3.50. The average molecular weight is 242 g/mol. The molecular formula is C14H30N2O. The molecule has 3 N–H and O–H groups in total. The third kappa shape index (κ3) is 5.53. The summed E-state index contributed by atoms with van der Waals surface area (Å²) < 4.78 is 0. The van der Waals surface area contributed by atoms with Crippen LogP contribution in [0, 0.1) is 17.8 Å². The van der Waals surface area contributed by atoms with Gasteiger partial charge in [-0.1, -0.05) is 41.0 Å². The molecule has 0 aliphatic carbocycles. The monoisotopic (exact) mass is 242 g/mol. The second kappa shape index (κ2) is 7.00. The number of carbonyl (C=O) groups excluding carboxylic acids is 1. The van der Waals surface area contributed by atoms with Gasteiger partial charge in [-0.05, 0) is 31.1 Å². The Bertz CT molecular complexity index is 226. The maximum absolute atomic E-state index is 12.0. The molecular weight excluding hydrogens is 212 g/mol. The lowest BCUT2D eigenvalue weighted by molar-refractivity contribution is -0.126. The number of nitrogens with two attached hydrogens (primary N) is 1. The molecule has 0 aromatic rings. The SMILES string of the molecule is CCCC(C)(N)C(=O)NCC(C(C)C)C(C)C. The number of nitrogens with one attached hydrogen (secondary N) is 1. The molecule has 0 bridgehead atoms. The fourth-order valence-corrected chi connectivity index (χ4v) is 2.29. The lowest BCUT2D eigenvalue weighted by Gasteiger charge is -2.28. The van der Waals surface area contributed by atoms with Crippen molar-refractivity contribution >= 4 is 5.91 Å². The van der Waals surface area contributed by atoms with Crippen LogP contribution in [0.1, 0.15) is 54.4 Å². The fraction of sp³-hybridized carbons (Fsp3) is 0.929. The number of carbonyl (C=O) groups is 1. The van der Waals surface area contributed by atoms with Crippen LogP contribution in [0.4, 0.5) is 0 Å². The summed E-state index contributed by atoms with van der Waals surface area (Å²) in [6, 6.07) is 0. The van der Waals surface area contributed by atoms with Crippen LogP contribution in [0.15, 0.2) is 0 Å². The van der Waals surface area contributed by atoms with Gasteiger partial charge in [0.05, 0.1) is 5.54 Å². The number of amides is 1. The number of rotatable bonds is 7. The van der Waals surface area contributed by atoms with Crippen molar-refractivity contribution in [2.24, 2.45) is 23.5 Å². The molecule has 0 aliphatic heterocycles. The summed E-state index contributed by atoms with van der Waals surface area (Å²) in [6.07, 6.45) is 1.66. The summed E-state index contributed by atoms with van der Waals surface area (Å²) in [5.74, 6) is 1.64. The van der Waals surface area contributed by atoms with Crippen LogP contribution in [-0.4, -0.2) is 18.0 Å². The van der Waals surface area contributed by atoms with E-state index in [1.165, 1.54) is 0 Å². The topological polar surface area (TPSA) is 55.1 Å². The summed E-state index contributed by atoms with van der Waals surface area (Å²) in [5, 5.41) is 3.01. The molecule has 1 amide bonds. The van der Waals surface area contributed by atoms with E-state index in [0.717, 1.165) is 19.4 Å². The minimum Gasteiger partial charge on any atom is -0.354 e. The van der Waals surface area contributed by atoms with Crippen LogP contribution < -0.4 is 11.1 Å².